The molecule has 0 heterocycles. The number of hydrogen-bond acceptors (Lipinski definition) is 4. The van der Waals surface area contributed by atoms with Crippen molar-refractivity contribution in [3.05, 3.63) is 0 Å². The summed E-state index contributed by atoms with van der Waals surface area (Å²) in [6, 6.07) is -0.632. The van der Waals surface area contributed by atoms with Crippen molar-refractivity contribution in [1.82, 2.24) is 5.32 Å². The van der Waals surface area contributed by atoms with Crippen molar-refractivity contribution in [2.45, 2.75) is 6.04 Å². The second-order valence-corrected chi connectivity index (χ2v) is 1.70. The molecule has 0 rings (SSSR count). The molecule has 0 unspecified atom stereocenters. The number of nitrogens with one attached hydrogen (secondary N) is 1. The summed E-state index contributed by atoms with van der Waals surface area (Å²) in [5.41, 5.74) is 0. The third kappa shape index (κ3) is 3.26. The van der Waals surface area contributed by atoms with Crippen LogP contribution in [-0.4, -0.2) is 42.7 Å². The first-order valence-corrected chi connectivity index (χ1v) is 2.80. The highest BCUT2D eigenvalue weighted by atomic mass is 16.5. The van der Waals surface area contributed by atoms with E-state index < -0.39 is 12.1 Å². The molecule has 0 spiro atoms. The molecular formula is C5H11NO4. The third-order valence-electron chi connectivity index (χ3n) is 0.948. The van der Waals surface area contributed by atoms with Gasteiger partial charge in [0, 0.05) is 0 Å². The highest BCUT2D eigenvalue weighted by molar-refractivity contribution is 5.67. The van der Waals surface area contributed by atoms with E-state index in [9.17, 15) is 4.79 Å². The molecule has 1 amide bonds. The van der Waals surface area contributed by atoms with Crippen LogP contribution in [0.2, 0.25) is 0 Å². The van der Waals surface area contributed by atoms with Crippen LogP contribution >= 0.6 is 0 Å². The van der Waals surface area contributed by atoms with Crippen LogP contribution in [0, 0.1) is 0 Å². The van der Waals surface area contributed by atoms with Crippen molar-refractivity contribution in [2.24, 2.45) is 0 Å². The summed E-state index contributed by atoms with van der Waals surface area (Å²) in [5.74, 6) is 0. The highest BCUT2D eigenvalue weighted by Crippen LogP contribution is 1.80. The van der Waals surface area contributed by atoms with Crippen molar-refractivity contribution in [2.75, 3.05) is 20.3 Å². The molecule has 5 nitrogen and oxygen atoms in total. The Kier molecular flexibility index (Phi) is 4.61. The zero-order chi connectivity index (χ0) is 7.98. The van der Waals surface area contributed by atoms with E-state index in [2.05, 4.69) is 10.1 Å². The van der Waals surface area contributed by atoms with Gasteiger partial charge in [0.1, 0.15) is 0 Å². The van der Waals surface area contributed by atoms with Gasteiger partial charge in [0.15, 0.2) is 0 Å². The lowest BCUT2D eigenvalue weighted by atomic mass is 10.3. The molecule has 10 heavy (non-hydrogen) atoms. The second-order valence-electron chi connectivity index (χ2n) is 1.70. The molecule has 0 aromatic carbocycles. The summed E-state index contributed by atoms with van der Waals surface area (Å²) in [4.78, 5) is 10.4. The normalized spacial score (nSPS) is 9.60. The maximum absolute atomic E-state index is 10.4. The second kappa shape index (κ2) is 5.01. The molecule has 0 radical (unpaired) electrons. The van der Waals surface area contributed by atoms with Crippen LogP contribution in [0.15, 0.2) is 0 Å². The molecular weight excluding hydrogens is 138 g/mol. The summed E-state index contributed by atoms with van der Waals surface area (Å²) in [7, 11) is 1.21. The number of methoxy groups -OCH3 is 1. The SMILES string of the molecule is COC(=O)NC(CO)CO. The summed E-state index contributed by atoms with van der Waals surface area (Å²) < 4.78 is 4.21. The molecule has 0 fully saturated rings. The quantitative estimate of drug-likeness (QED) is 0.466. The van der Waals surface area contributed by atoms with Gasteiger partial charge in [0.2, 0.25) is 0 Å². The topological polar surface area (TPSA) is 78.8 Å². The van der Waals surface area contributed by atoms with Gasteiger partial charge < -0.3 is 20.3 Å². The van der Waals surface area contributed by atoms with Crippen LogP contribution in [0.4, 0.5) is 4.79 Å². The lowest BCUT2D eigenvalue weighted by Gasteiger charge is -2.10. The minimum absolute atomic E-state index is 0.300. The zero-order valence-electron chi connectivity index (χ0n) is 5.70. The Morgan fingerprint density at radius 2 is 2.10 bits per heavy atom. The molecule has 0 aromatic rings. The number of carbonyl (C=O) groups excluding carboxylic acids is 1. The number of hydrogen-bond donors (Lipinski definition) is 3. The van der Waals surface area contributed by atoms with Gasteiger partial charge in [-0.05, 0) is 0 Å². The maximum atomic E-state index is 10.4. The van der Waals surface area contributed by atoms with E-state index in [1.165, 1.54) is 7.11 Å². The average molecular weight is 149 g/mol. The number of aliphatic hydroxyl groups is 2. The number of rotatable bonds is 3. The molecule has 0 saturated carbocycles. The number of amides is 1. The van der Waals surface area contributed by atoms with Crippen molar-refractivity contribution in [3.8, 4) is 0 Å². The van der Waals surface area contributed by atoms with E-state index in [1.54, 1.807) is 0 Å². The lowest BCUT2D eigenvalue weighted by Crippen LogP contribution is -2.39. The van der Waals surface area contributed by atoms with Crippen molar-refractivity contribution in [3.63, 3.8) is 0 Å². The van der Waals surface area contributed by atoms with E-state index in [0.717, 1.165) is 0 Å². The van der Waals surface area contributed by atoms with E-state index in [0.29, 0.717) is 0 Å². The molecule has 0 aliphatic carbocycles. The Balaban J connectivity index is 3.52. The van der Waals surface area contributed by atoms with Gasteiger partial charge in [-0.25, -0.2) is 4.79 Å². The molecule has 60 valence electrons. The minimum atomic E-state index is -0.659. The summed E-state index contributed by atoms with van der Waals surface area (Å²) in [6.45, 7) is -0.600. The largest absolute Gasteiger partial charge is 0.453 e. The van der Waals surface area contributed by atoms with Crippen LogP contribution in [0.3, 0.4) is 0 Å². The Labute approximate surface area is 58.6 Å². The number of ether oxygens (including phenoxy) is 1. The summed E-state index contributed by atoms with van der Waals surface area (Å²) in [5, 5.41) is 19.1. The van der Waals surface area contributed by atoms with Crippen LogP contribution in [0.25, 0.3) is 0 Å². The monoisotopic (exact) mass is 149 g/mol. The molecule has 0 aliphatic heterocycles. The van der Waals surface area contributed by atoms with Gasteiger partial charge in [-0.3, -0.25) is 0 Å². The lowest BCUT2D eigenvalue weighted by molar-refractivity contribution is 0.137. The molecule has 5 heteroatoms. The fourth-order valence-corrected chi connectivity index (χ4v) is 0.375. The van der Waals surface area contributed by atoms with Crippen LogP contribution in [0.5, 0.6) is 0 Å². The third-order valence-corrected chi connectivity index (χ3v) is 0.948. The van der Waals surface area contributed by atoms with Crippen LogP contribution in [0.1, 0.15) is 0 Å². The van der Waals surface area contributed by atoms with Crippen molar-refractivity contribution >= 4 is 6.09 Å². The molecule has 3 N–H and O–H groups in total. The van der Waals surface area contributed by atoms with Crippen molar-refractivity contribution in [1.29, 1.82) is 0 Å². The van der Waals surface area contributed by atoms with Gasteiger partial charge in [-0.2, -0.15) is 0 Å². The Bertz CT molecular complexity index is 102. The van der Waals surface area contributed by atoms with Gasteiger partial charge in [-0.15, -0.1) is 0 Å². The Morgan fingerprint density at radius 1 is 1.60 bits per heavy atom. The maximum Gasteiger partial charge on any atom is 0.407 e. The zero-order valence-corrected chi connectivity index (χ0v) is 5.70. The Morgan fingerprint density at radius 3 is 2.40 bits per heavy atom. The smallest absolute Gasteiger partial charge is 0.407 e. The van der Waals surface area contributed by atoms with Gasteiger partial charge in [-0.1, -0.05) is 0 Å². The van der Waals surface area contributed by atoms with E-state index in [1.807, 2.05) is 0 Å². The van der Waals surface area contributed by atoms with Gasteiger partial charge in [0.05, 0.1) is 26.4 Å². The minimum Gasteiger partial charge on any atom is -0.453 e. The highest BCUT2D eigenvalue weighted by Gasteiger charge is 2.08. The molecule has 0 aromatic heterocycles. The predicted octanol–water partition coefficient (Wildman–Crippen LogP) is -1.30. The molecule has 0 saturated heterocycles. The number of carbonyl (C=O) groups is 1. The molecule has 0 aliphatic rings. The Hall–Kier alpha value is -0.810. The first-order valence-electron chi connectivity index (χ1n) is 2.80. The standard InChI is InChI=1S/C5H11NO4/c1-10-5(9)6-4(2-7)3-8/h4,7-8H,2-3H2,1H3,(H,6,9). The molecule has 0 atom stereocenters. The van der Waals surface area contributed by atoms with E-state index >= 15 is 0 Å². The summed E-state index contributed by atoms with van der Waals surface area (Å²) >= 11 is 0. The van der Waals surface area contributed by atoms with Gasteiger partial charge in [0.25, 0.3) is 0 Å². The number of aliphatic hydroxyl groups excluding tert-OH is 2. The fraction of sp³-hybridized carbons (Fsp3) is 0.800. The average Bonchev–Trinajstić information content (AvgIpc) is 1.99. The number of alkyl carbamates (subject to hydrolysis) is 1. The van der Waals surface area contributed by atoms with Gasteiger partial charge >= 0.3 is 6.09 Å². The van der Waals surface area contributed by atoms with Crippen LogP contribution < -0.4 is 5.32 Å². The van der Waals surface area contributed by atoms with E-state index in [-0.39, 0.29) is 13.2 Å². The summed E-state index contributed by atoms with van der Waals surface area (Å²) in [6.07, 6.45) is -0.659. The van der Waals surface area contributed by atoms with Crippen LogP contribution in [-0.2, 0) is 4.74 Å². The predicted molar refractivity (Wildman–Crippen MR) is 33.5 cm³/mol. The van der Waals surface area contributed by atoms with E-state index in [4.69, 9.17) is 10.2 Å². The fourth-order valence-electron chi connectivity index (χ4n) is 0.375. The first kappa shape index (κ1) is 9.19. The molecule has 0 bridgehead atoms. The first-order chi connectivity index (χ1) is 4.74. The van der Waals surface area contributed by atoms with Crippen molar-refractivity contribution < 1.29 is 19.7 Å².